The number of rotatable bonds is 5. The van der Waals surface area contributed by atoms with Crippen molar-refractivity contribution in [3.05, 3.63) is 94.0 Å². The van der Waals surface area contributed by atoms with Crippen molar-refractivity contribution in [2.75, 3.05) is 0 Å². The third-order valence-electron chi connectivity index (χ3n) is 8.05. The Morgan fingerprint density at radius 1 is 0.500 bits per heavy atom. The summed E-state index contributed by atoms with van der Waals surface area (Å²) in [6.45, 7) is 0. The van der Waals surface area contributed by atoms with Crippen LogP contribution in [0.15, 0.2) is 70.6 Å². The Hall–Kier alpha value is -4.58. The average molecular weight is 533 g/mol. The first-order chi connectivity index (χ1) is 19.5. The Balaban J connectivity index is 1.57. The Morgan fingerprint density at radius 3 is 1.38 bits per heavy atom. The Kier molecular flexibility index (Phi) is 6.99. The minimum atomic E-state index is -0.195. The van der Waals surface area contributed by atoms with Crippen LogP contribution >= 0.6 is 0 Å². The predicted molar refractivity (Wildman–Crippen MR) is 159 cm³/mol. The fraction of sp³-hybridized carbons (Fsp3) is 0.235. The zero-order chi connectivity index (χ0) is 27.6. The lowest BCUT2D eigenvalue weighted by atomic mass is 9.79. The smallest absolute Gasteiger partial charge is 0.166 e. The molecule has 4 N–H and O–H groups in total. The van der Waals surface area contributed by atoms with Crippen LogP contribution in [0.2, 0.25) is 0 Å². The molecule has 6 rings (SSSR count). The van der Waals surface area contributed by atoms with Gasteiger partial charge in [0.05, 0.1) is 11.4 Å². The molecule has 6 nitrogen and oxygen atoms in total. The molecule has 0 fully saturated rings. The number of phenolic OH excluding ortho intramolecular Hbond substituents is 4. The zero-order valence-electron chi connectivity index (χ0n) is 22.3. The molecule has 40 heavy (non-hydrogen) atoms. The van der Waals surface area contributed by atoms with Crippen molar-refractivity contribution in [2.45, 2.75) is 51.4 Å². The monoisotopic (exact) mass is 532 g/mol. The Morgan fingerprint density at radius 2 is 0.925 bits per heavy atom. The van der Waals surface area contributed by atoms with Gasteiger partial charge in [-0.3, -0.25) is 9.98 Å². The van der Waals surface area contributed by atoms with Crippen molar-refractivity contribution in [1.29, 1.82) is 0 Å². The van der Waals surface area contributed by atoms with Gasteiger partial charge < -0.3 is 20.4 Å². The standard InChI is InChI=1S/C34H32N2O4/c37-29-13-5-9-23(33(29)39)19-35-27-17-15-21-7-1-3-11-25(21)31(27)32-26-12-4-2-8-22(26)16-18-28(32)36-20-24-10-6-14-30(38)34(24)40/h5-6,9-10,13-20,37-40H,1-4,7-8,11-12H2/b35-19+,36-20+. The number of fused-ring (bicyclic) bond motifs is 2. The summed E-state index contributed by atoms with van der Waals surface area (Å²) >= 11 is 0. The molecule has 4 aromatic rings. The number of benzene rings is 4. The van der Waals surface area contributed by atoms with Crippen LogP contribution in [0.1, 0.15) is 59.1 Å². The maximum Gasteiger partial charge on any atom is 0.166 e. The van der Waals surface area contributed by atoms with Crippen LogP contribution in [0.25, 0.3) is 11.1 Å². The summed E-state index contributed by atoms with van der Waals surface area (Å²) in [7, 11) is 0. The van der Waals surface area contributed by atoms with Crippen LogP contribution in [0.4, 0.5) is 11.4 Å². The van der Waals surface area contributed by atoms with E-state index in [1.807, 2.05) is 12.1 Å². The van der Waals surface area contributed by atoms with Gasteiger partial charge in [0.2, 0.25) is 0 Å². The second-order valence-corrected chi connectivity index (χ2v) is 10.6. The van der Waals surface area contributed by atoms with Gasteiger partial charge >= 0.3 is 0 Å². The second-order valence-electron chi connectivity index (χ2n) is 10.6. The van der Waals surface area contributed by atoms with Gasteiger partial charge in [-0.2, -0.15) is 0 Å². The molecule has 0 amide bonds. The summed E-state index contributed by atoms with van der Waals surface area (Å²) in [4.78, 5) is 9.75. The minimum Gasteiger partial charge on any atom is -0.504 e. The number of nitrogens with zero attached hydrogens (tertiary/aromatic N) is 2. The molecule has 4 aromatic carbocycles. The van der Waals surface area contributed by atoms with Crippen molar-refractivity contribution >= 4 is 23.8 Å². The highest BCUT2D eigenvalue weighted by Gasteiger charge is 2.25. The number of hydrogen-bond acceptors (Lipinski definition) is 6. The number of hydrogen-bond donors (Lipinski definition) is 4. The molecule has 0 spiro atoms. The second kappa shape index (κ2) is 10.9. The fourth-order valence-corrected chi connectivity index (χ4v) is 5.99. The molecule has 2 aliphatic carbocycles. The van der Waals surface area contributed by atoms with Gasteiger partial charge in [-0.15, -0.1) is 0 Å². The van der Waals surface area contributed by atoms with E-state index in [4.69, 9.17) is 9.98 Å². The SMILES string of the molecule is Oc1cccc(/C=N/c2ccc3c(c2-c2c(/N=C/c4cccc(O)c4O)ccc4c2CCCC4)CCCC3)c1O. The van der Waals surface area contributed by atoms with Crippen LogP contribution in [0, 0.1) is 0 Å². The zero-order valence-corrected chi connectivity index (χ0v) is 22.3. The molecule has 0 aliphatic heterocycles. The first kappa shape index (κ1) is 25.7. The molecular formula is C34H32N2O4. The van der Waals surface area contributed by atoms with Gasteiger partial charge in [0.1, 0.15) is 0 Å². The quantitative estimate of drug-likeness (QED) is 0.158. The summed E-state index contributed by atoms with van der Waals surface area (Å²) in [5.41, 5.74) is 9.83. The number of aryl methyl sites for hydroxylation is 2. The summed E-state index contributed by atoms with van der Waals surface area (Å²) in [6.07, 6.45) is 11.7. The van der Waals surface area contributed by atoms with Crippen LogP contribution < -0.4 is 0 Å². The maximum absolute atomic E-state index is 10.4. The van der Waals surface area contributed by atoms with Crippen LogP contribution in [0.3, 0.4) is 0 Å². The Labute approximate surface area is 233 Å². The van der Waals surface area contributed by atoms with E-state index in [9.17, 15) is 20.4 Å². The summed E-state index contributed by atoms with van der Waals surface area (Å²) in [5.74, 6) is -0.754. The van der Waals surface area contributed by atoms with Crippen molar-refractivity contribution in [3.8, 4) is 34.1 Å². The van der Waals surface area contributed by atoms with E-state index in [2.05, 4.69) is 12.1 Å². The highest BCUT2D eigenvalue weighted by molar-refractivity contribution is 5.96. The third kappa shape index (κ3) is 4.81. The molecule has 0 saturated heterocycles. The van der Waals surface area contributed by atoms with Gasteiger partial charge in [-0.1, -0.05) is 24.3 Å². The number of para-hydroxylation sites is 2. The van der Waals surface area contributed by atoms with Crippen LogP contribution in [-0.2, 0) is 25.7 Å². The number of aliphatic imine (C=N–C) groups is 2. The molecule has 202 valence electrons. The normalized spacial score (nSPS) is 14.9. The van der Waals surface area contributed by atoms with E-state index in [0.29, 0.717) is 11.1 Å². The average Bonchev–Trinajstić information content (AvgIpc) is 2.98. The highest BCUT2D eigenvalue weighted by atomic mass is 16.3. The van der Waals surface area contributed by atoms with E-state index < -0.39 is 0 Å². The summed E-state index contributed by atoms with van der Waals surface area (Å²) < 4.78 is 0. The first-order valence-electron chi connectivity index (χ1n) is 13.9. The largest absolute Gasteiger partial charge is 0.504 e. The van der Waals surface area contributed by atoms with Crippen LogP contribution in [-0.4, -0.2) is 32.9 Å². The Bertz CT molecular complexity index is 1530. The molecule has 2 aliphatic rings. The van der Waals surface area contributed by atoms with E-state index >= 15 is 0 Å². The molecule has 0 aromatic heterocycles. The van der Waals surface area contributed by atoms with Gasteiger partial charge in [0.25, 0.3) is 0 Å². The lowest BCUT2D eigenvalue weighted by Crippen LogP contribution is -2.09. The molecule has 0 saturated carbocycles. The lowest BCUT2D eigenvalue weighted by Gasteiger charge is -2.26. The number of phenols is 4. The van der Waals surface area contributed by atoms with E-state index in [-0.39, 0.29) is 23.0 Å². The molecule has 0 bridgehead atoms. The molecule has 0 heterocycles. The minimum absolute atomic E-state index is 0.182. The van der Waals surface area contributed by atoms with Crippen molar-refractivity contribution in [3.63, 3.8) is 0 Å². The topological polar surface area (TPSA) is 106 Å². The third-order valence-corrected chi connectivity index (χ3v) is 8.05. The molecule has 6 heteroatoms. The molecule has 0 unspecified atom stereocenters. The van der Waals surface area contributed by atoms with Crippen molar-refractivity contribution < 1.29 is 20.4 Å². The molecule has 0 atom stereocenters. The van der Waals surface area contributed by atoms with Gasteiger partial charge in [-0.05, 0) is 110 Å². The molecule has 0 radical (unpaired) electrons. The fourth-order valence-electron chi connectivity index (χ4n) is 5.99. The van der Waals surface area contributed by atoms with Crippen molar-refractivity contribution in [2.24, 2.45) is 9.98 Å². The highest BCUT2D eigenvalue weighted by Crippen LogP contribution is 2.47. The first-order valence-corrected chi connectivity index (χ1v) is 13.9. The summed E-state index contributed by atoms with van der Waals surface area (Å²) in [5, 5.41) is 40.7. The number of aromatic hydroxyl groups is 4. The van der Waals surface area contributed by atoms with Gasteiger partial charge in [0.15, 0.2) is 23.0 Å². The predicted octanol–water partition coefficient (Wildman–Crippen LogP) is 7.43. The van der Waals surface area contributed by atoms with Gasteiger partial charge in [-0.25, -0.2) is 0 Å². The van der Waals surface area contributed by atoms with E-state index in [1.54, 1.807) is 36.7 Å². The lowest BCUT2D eigenvalue weighted by molar-refractivity contribution is 0.403. The van der Waals surface area contributed by atoms with Gasteiger partial charge in [0, 0.05) is 34.7 Å². The molecular weight excluding hydrogens is 500 g/mol. The van der Waals surface area contributed by atoms with Crippen molar-refractivity contribution in [1.82, 2.24) is 0 Å². The van der Waals surface area contributed by atoms with E-state index in [0.717, 1.165) is 73.9 Å². The van der Waals surface area contributed by atoms with Crippen LogP contribution in [0.5, 0.6) is 23.0 Å². The van der Waals surface area contributed by atoms with E-state index in [1.165, 1.54) is 34.4 Å². The maximum atomic E-state index is 10.4. The summed E-state index contributed by atoms with van der Waals surface area (Å²) in [6, 6.07) is 18.1.